The summed E-state index contributed by atoms with van der Waals surface area (Å²) in [5, 5.41) is 0. The molecule has 4 nitrogen and oxygen atoms in total. The van der Waals surface area contributed by atoms with Crippen LogP contribution >= 0.6 is 0 Å². The van der Waals surface area contributed by atoms with Crippen LogP contribution in [0.25, 0.3) is 5.57 Å². The number of nitrogens with zero attached hydrogens (tertiary/aromatic N) is 1. The third kappa shape index (κ3) is 3.54. The average Bonchev–Trinajstić information content (AvgIpc) is 2.96. The molecule has 140 valence electrons. The molecule has 2 atom stereocenters. The van der Waals surface area contributed by atoms with Gasteiger partial charge in [0, 0.05) is 11.6 Å². The first-order valence-electron chi connectivity index (χ1n) is 9.19. The second-order valence-electron chi connectivity index (χ2n) is 6.99. The number of halogens is 1. The molecular weight excluding hydrogens is 345 g/mol. The van der Waals surface area contributed by atoms with Crippen molar-refractivity contribution in [2.24, 2.45) is 0 Å². The second-order valence-corrected chi connectivity index (χ2v) is 6.99. The Bertz CT molecular complexity index is 865. The highest BCUT2D eigenvalue weighted by atomic mass is 19.1. The summed E-state index contributed by atoms with van der Waals surface area (Å²) in [6.07, 6.45) is 4.27. The Morgan fingerprint density at radius 3 is 2.74 bits per heavy atom. The van der Waals surface area contributed by atoms with Crippen LogP contribution in [0.4, 0.5) is 9.18 Å². The van der Waals surface area contributed by atoms with Crippen molar-refractivity contribution in [3.63, 3.8) is 0 Å². The van der Waals surface area contributed by atoms with E-state index in [0.717, 1.165) is 29.5 Å². The van der Waals surface area contributed by atoms with E-state index in [9.17, 15) is 9.18 Å². The molecule has 2 aliphatic heterocycles. The normalized spacial score (nSPS) is 21.0. The third-order valence-corrected chi connectivity index (χ3v) is 5.32. The predicted octanol–water partition coefficient (Wildman–Crippen LogP) is 4.79. The van der Waals surface area contributed by atoms with E-state index < -0.39 is 0 Å². The van der Waals surface area contributed by atoms with Crippen LogP contribution in [0.15, 0.2) is 54.6 Å². The molecule has 0 spiro atoms. The molecule has 0 saturated carbocycles. The molecule has 27 heavy (non-hydrogen) atoms. The van der Waals surface area contributed by atoms with E-state index >= 15 is 0 Å². The zero-order valence-corrected chi connectivity index (χ0v) is 15.2. The van der Waals surface area contributed by atoms with Crippen LogP contribution in [-0.2, 0) is 11.3 Å². The van der Waals surface area contributed by atoms with E-state index in [1.54, 1.807) is 13.2 Å². The molecule has 2 bridgehead atoms. The van der Waals surface area contributed by atoms with Crippen molar-refractivity contribution in [2.45, 2.75) is 38.0 Å². The summed E-state index contributed by atoms with van der Waals surface area (Å²) in [5.74, 6) is 0.367. The molecule has 2 unspecified atom stereocenters. The van der Waals surface area contributed by atoms with Gasteiger partial charge in [0.15, 0.2) is 0 Å². The topological polar surface area (TPSA) is 38.8 Å². The number of carbonyl (C=O) groups is 1. The molecule has 0 radical (unpaired) electrons. The van der Waals surface area contributed by atoms with Gasteiger partial charge in [0.2, 0.25) is 0 Å². The van der Waals surface area contributed by atoms with E-state index in [4.69, 9.17) is 9.47 Å². The van der Waals surface area contributed by atoms with Gasteiger partial charge in [0.25, 0.3) is 0 Å². The lowest BCUT2D eigenvalue weighted by atomic mass is 9.94. The van der Waals surface area contributed by atoms with E-state index in [2.05, 4.69) is 6.08 Å². The van der Waals surface area contributed by atoms with Crippen molar-refractivity contribution >= 4 is 11.7 Å². The molecule has 5 heteroatoms. The fraction of sp³-hybridized carbons (Fsp3) is 0.318. The highest BCUT2D eigenvalue weighted by molar-refractivity contribution is 5.77. The maximum Gasteiger partial charge on any atom is 0.410 e. The number of ether oxygens (including phenoxy) is 2. The van der Waals surface area contributed by atoms with Crippen molar-refractivity contribution in [1.82, 2.24) is 4.90 Å². The Balaban J connectivity index is 1.51. The minimum atomic E-state index is -0.288. The van der Waals surface area contributed by atoms with Gasteiger partial charge in [0.05, 0.1) is 13.2 Å². The summed E-state index contributed by atoms with van der Waals surface area (Å²) in [4.78, 5) is 14.5. The van der Waals surface area contributed by atoms with Crippen molar-refractivity contribution < 1.29 is 18.7 Å². The highest BCUT2D eigenvalue weighted by Crippen LogP contribution is 2.41. The fourth-order valence-corrected chi connectivity index (χ4v) is 4.04. The van der Waals surface area contributed by atoms with Gasteiger partial charge in [-0.3, -0.25) is 4.90 Å². The van der Waals surface area contributed by atoms with Gasteiger partial charge in [-0.25, -0.2) is 9.18 Å². The largest absolute Gasteiger partial charge is 0.496 e. The second kappa shape index (κ2) is 7.43. The smallest absolute Gasteiger partial charge is 0.410 e. The molecule has 0 aliphatic carbocycles. The Morgan fingerprint density at radius 1 is 1.19 bits per heavy atom. The van der Waals surface area contributed by atoms with Gasteiger partial charge in [0.1, 0.15) is 18.2 Å². The van der Waals surface area contributed by atoms with Gasteiger partial charge >= 0.3 is 6.09 Å². The van der Waals surface area contributed by atoms with Crippen LogP contribution in [0.2, 0.25) is 0 Å². The number of rotatable bonds is 4. The number of methoxy groups -OCH3 is 1. The zero-order chi connectivity index (χ0) is 18.8. The summed E-state index contributed by atoms with van der Waals surface area (Å²) < 4.78 is 24.7. The molecule has 1 saturated heterocycles. The summed E-state index contributed by atoms with van der Waals surface area (Å²) in [6.45, 7) is 0.268. The Labute approximate surface area is 158 Å². The first kappa shape index (κ1) is 17.6. The minimum Gasteiger partial charge on any atom is -0.496 e. The molecule has 1 fully saturated rings. The van der Waals surface area contributed by atoms with Crippen LogP contribution in [0, 0.1) is 5.82 Å². The van der Waals surface area contributed by atoms with Gasteiger partial charge in [-0.15, -0.1) is 0 Å². The number of benzene rings is 2. The van der Waals surface area contributed by atoms with Crippen LogP contribution in [0.5, 0.6) is 5.75 Å². The zero-order valence-electron chi connectivity index (χ0n) is 15.2. The third-order valence-electron chi connectivity index (χ3n) is 5.32. The molecule has 4 rings (SSSR count). The van der Waals surface area contributed by atoms with Gasteiger partial charge in [-0.2, -0.15) is 0 Å². The lowest BCUT2D eigenvalue weighted by molar-refractivity contribution is 0.0832. The fourth-order valence-electron chi connectivity index (χ4n) is 4.04. The molecule has 2 aromatic rings. The number of carbonyl (C=O) groups excluding carboxylic acids is 1. The van der Waals surface area contributed by atoms with Crippen molar-refractivity contribution in [2.75, 3.05) is 7.11 Å². The Hall–Kier alpha value is -2.82. The lowest BCUT2D eigenvalue weighted by Gasteiger charge is -2.33. The summed E-state index contributed by atoms with van der Waals surface area (Å²) in [7, 11) is 1.59. The number of hydrogen-bond acceptors (Lipinski definition) is 3. The molecule has 0 aromatic heterocycles. The first-order chi connectivity index (χ1) is 13.2. The van der Waals surface area contributed by atoms with E-state index in [1.807, 2.05) is 35.2 Å². The summed E-state index contributed by atoms with van der Waals surface area (Å²) in [5.41, 5.74) is 2.77. The quantitative estimate of drug-likeness (QED) is 0.780. The molecule has 1 amide bonds. The predicted molar refractivity (Wildman–Crippen MR) is 101 cm³/mol. The van der Waals surface area contributed by atoms with Crippen molar-refractivity contribution in [1.29, 1.82) is 0 Å². The van der Waals surface area contributed by atoms with E-state index in [0.29, 0.717) is 12.2 Å². The van der Waals surface area contributed by atoms with Gasteiger partial charge in [-0.1, -0.05) is 36.4 Å². The standard InChI is InChI=1S/C22H22FNO3/c1-26-21-10-7-17(23)13-20(21)16-11-18-8-9-19(12-16)24(18)22(25)27-14-15-5-3-2-4-6-15/h2-7,10-11,13,18-19H,8-9,12,14H2,1H3. The Morgan fingerprint density at radius 2 is 2.00 bits per heavy atom. The van der Waals surface area contributed by atoms with Crippen LogP contribution < -0.4 is 4.74 Å². The molecule has 2 heterocycles. The van der Waals surface area contributed by atoms with Crippen LogP contribution in [0.3, 0.4) is 0 Å². The molecular formula is C22H22FNO3. The van der Waals surface area contributed by atoms with Gasteiger partial charge < -0.3 is 9.47 Å². The van der Waals surface area contributed by atoms with Crippen molar-refractivity contribution in [3.05, 3.63) is 71.6 Å². The van der Waals surface area contributed by atoms with E-state index in [-0.39, 0.29) is 30.6 Å². The monoisotopic (exact) mass is 367 g/mol. The van der Waals surface area contributed by atoms with Crippen LogP contribution in [-0.4, -0.2) is 30.2 Å². The average molecular weight is 367 g/mol. The molecule has 0 N–H and O–H groups in total. The molecule has 2 aromatic carbocycles. The minimum absolute atomic E-state index is 0.0185. The number of hydrogen-bond donors (Lipinski definition) is 0. The lowest BCUT2D eigenvalue weighted by Crippen LogP contribution is -2.43. The van der Waals surface area contributed by atoms with Gasteiger partial charge in [-0.05, 0) is 48.6 Å². The maximum absolute atomic E-state index is 13.7. The number of fused-ring (bicyclic) bond motifs is 2. The maximum atomic E-state index is 13.7. The van der Waals surface area contributed by atoms with Crippen LogP contribution in [0.1, 0.15) is 30.4 Å². The highest BCUT2D eigenvalue weighted by Gasteiger charge is 2.41. The van der Waals surface area contributed by atoms with E-state index in [1.165, 1.54) is 12.1 Å². The SMILES string of the molecule is COc1ccc(F)cc1C1=CC2CCC(C1)N2C(=O)OCc1ccccc1. The summed E-state index contributed by atoms with van der Waals surface area (Å²) >= 11 is 0. The Kier molecular flexibility index (Phi) is 4.84. The van der Waals surface area contributed by atoms with Crippen molar-refractivity contribution in [3.8, 4) is 5.75 Å². The summed E-state index contributed by atoms with van der Waals surface area (Å²) in [6, 6.07) is 14.3. The number of amides is 1. The first-order valence-corrected chi connectivity index (χ1v) is 9.19. The molecule has 2 aliphatic rings.